The first kappa shape index (κ1) is 10.6. The van der Waals surface area contributed by atoms with Crippen LogP contribution in [0.5, 0.6) is 0 Å². The lowest BCUT2D eigenvalue weighted by atomic mass is 10.3. The summed E-state index contributed by atoms with van der Waals surface area (Å²) in [5.74, 6) is 0.127. The average Bonchev–Trinajstić information content (AvgIpc) is 2.71. The van der Waals surface area contributed by atoms with E-state index in [1.54, 1.807) is 24.5 Å². The number of rotatable bonds is 3. The largest absolute Gasteiger partial charge is 0.315 e. The zero-order valence-electron chi connectivity index (χ0n) is 8.39. The number of nitrogens with one attached hydrogen (secondary N) is 1. The van der Waals surface area contributed by atoms with Gasteiger partial charge in [-0.05, 0) is 30.7 Å². The van der Waals surface area contributed by atoms with Crippen molar-refractivity contribution in [1.29, 1.82) is 0 Å². The molecule has 15 heavy (non-hydrogen) atoms. The summed E-state index contributed by atoms with van der Waals surface area (Å²) in [5, 5.41) is 2.86. The van der Waals surface area contributed by atoms with E-state index in [9.17, 15) is 8.42 Å². The third-order valence-corrected chi connectivity index (χ3v) is 4.79. The summed E-state index contributed by atoms with van der Waals surface area (Å²) in [6.07, 6.45) is 3.98. The summed E-state index contributed by atoms with van der Waals surface area (Å²) in [5.41, 5.74) is 0.817. The van der Waals surface area contributed by atoms with Crippen molar-refractivity contribution in [3.05, 3.63) is 30.1 Å². The molecule has 1 N–H and O–H groups in total. The van der Waals surface area contributed by atoms with Crippen molar-refractivity contribution in [2.45, 2.75) is 17.4 Å². The first-order chi connectivity index (χ1) is 7.18. The van der Waals surface area contributed by atoms with Gasteiger partial charge < -0.3 is 5.32 Å². The Morgan fingerprint density at radius 3 is 2.73 bits per heavy atom. The topological polar surface area (TPSA) is 59.1 Å². The van der Waals surface area contributed by atoms with Gasteiger partial charge in [0.1, 0.15) is 0 Å². The third kappa shape index (κ3) is 2.54. The fourth-order valence-corrected chi connectivity index (χ4v) is 3.51. The van der Waals surface area contributed by atoms with Crippen molar-refractivity contribution in [2.24, 2.45) is 0 Å². The highest BCUT2D eigenvalue weighted by Gasteiger charge is 2.28. The fourth-order valence-electron chi connectivity index (χ4n) is 1.76. The van der Waals surface area contributed by atoms with Crippen LogP contribution in [0, 0.1) is 0 Å². The van der Waals surface area contributed by atoms with Crippen LogP contribution in [0.1, 0.15) is 12.0 Å². The molecule has 1 atom stereocenters. The van der Waals surface area contributed by atoms with Crippen molar-refractivity contribution in [3.63, 3.8) is 0 Å². The third-order valence-electron chi connectivity index (χ3n) is 2.64. The number of hydrogen-bond acceptors (Lipinski definition) is 4. The first-order valence-corrected chi connectivity index (χ1v) is 6.71. The number of nitrogens with zero attached hydrogens (tertiary/aromatic N) is 1. The summed E-state index contributed by atoms with van der Waals surface area (Å²) >= 11 is 0. The zero-order chi connectivity index (χ0) is 10.7. The minimum atomic E-state index is -3.00. The van der Waals surface area contributed by atoms with Gasteiger partial charge in [-0.3, -0.25) is 4.98 Å². The Labute approximate surface area is 89.6 Å². The molecular formula is C10H14N2O2S. The maximum atomic E-state index is 11.9. The Morgan fingerprint density at radius 2 is 2.13 bits per heavy atom. The molecule has 2 heterocycles. The standard InChI is InChI=1S/C10H14N2O2S/c13-15(14,10-3-6-12-7-10)8-9-1-4-11-5-2-9/h1-2,4-5,10,12H,3,6-8H2/t10-/m0/s1. The molecule has 0 unspecified atom stereocenters. The second-order valence-electron chi connectivity index (χ2n) is 3.78. The van der Waals surface area contributed by atoms with E-state index in [-0.39, 0.29) is 11.0 Å². The van der Waals surface area contributed by atoms with Crippen molar-refractivity contribution in [2.75, 3.05) is 13.1 Å². The molecule has 4 nitrogen and oxygen atoms in total. The van der Waals surface area contributed by atoms with Crippen LogP contribution in [0.25, 0.3) is 0 Å². The van der Waals surface area contributed by atoms with Crippen LogP contribution in [-0.4, -0.2) is 31.7 Å². The smallest absolute Gasteiger partial charge is 0.158 e. The van der Waals surface area contributed by atoms with E-state index in [4.69, 9.17) is 0 Å². The molecule has 0 amide bonds. The van der Waals surface area contributed by atoms with Gasteiger partial charge in [0.15, 0.2) is 9.84 Å². The van der Waals surface area contributed by atoms with E-state index >= 15 is 0 Å². The first-order valence-electron chi connectivity index (χ1n) is 5.00. The monoisotopic (exact) mass is 226 g/mol. The van der Waals surface area contributed by atoms with Gasteiger partial charge in [-0.1, -0.05) is 0 Å². The molecule has 1 aromatic rings. The molecule has 1 fully saturated rings. The van der Waals surface area contributed by atoms with Crippen LogP contribution >= 0.6 is 0 Å². The SMILES string of the molecule is O=S(=O)(Cc1ccncc1)[C@H]1CCNC1. The second-order valence-corrected chi connectivity index (χ2v) is 6.06. The van der Waals surface area contributed by atoms with Gasteiger partial charge in [0, 0.05) is 18.9 Å². The average molecular weight is 226 g/mol. The van der Waals surface area contributed by atoms with Gasteiger partial charge in [-0.2, -0.15) is 0 Å². The molecule has 0 bridgehead atoms. The van der Waals surface area contributed by atoms with Crippen LogP contribution in [-0.2, 0) is 15.6 Å². The van der Waals surface area contributed by atoms with E-state index < -0.39 is 9.84 Å². The van der Waals surface area contributed by atoms with Crippen LogP contribution in [0.4, 0.5) is 0 Å². The van der Waals surface area contributed by atoms with Gasteiger partial charge in [0.25, 0.3) is 0 Å². The summed E-state index contributed by atoms with van der Waals surface area (Å²) in [6, 6.07) is 3.50. The summed E-state index contributed by atoms with van der Waals surface area (Å²) in [6.45, 7) is 1.40. The number of hydrogen-bond donors (Lipinski definition) is 1. The molecule has 2 rings (SSSR count). The minimum absolute atomic E-state index is 0.127. The Bertz CT molecular complexity index is 410. The molecule has 5 heteroatoms. The van der Waals surface area contributed by atoms with E-state index in [0.717, 1.165) is 18.5 Å². The highest BCUT2D eigenvalue weighted by molar-refractivity contribution is 7.91. The molecule has 1 saturated heterocycles. The fraction of sp³-hybridized carbons (Fsp3) is 0.500. The predicted molar refractivity (Wildman–Crippen MR) is 58.1 cm³/mol. The van der Waals surface area contributed by atoms with Gasteiger partial charge in [-0.15, -0.1) is 0 Å². The van der Waals surface area contributed by atoms with E-state index in [1.807, 2.05) is 0 Å². The summed E-state index contributed by atoms with van der Waals surface area (Å²) < 4.78 is 23.9. The van der Waals surface area contributed by atoms with E-state index in [1.165, 1.54) is 0 Å². The number of aromatic nitrogens is 1. The molecule has 82 valence electrons. The minimum Gasteiger partial charge on any atom is -0.315 e. The maximum Gasteiger partial charge on any atom is 0.158 e. The van der Waals surface area contributed by atoms with Crippen LogP contribution in [0.3, 0.4) is 0 Å². The summed E-state index contributed by atoms with van der Waals surface area (Å²) in [4.78, 5) is 3.87. The maximum absolute atomic E-state index is 11.9. The van der Waals surface area contributed by atoms with Crippen molar-refractivity contribution in [1.82, 2.24) is 10.3 Å². The van der Waals surface area contributed by atoms with Crippen molar-refractivity contribution >= 4 is 9.84 Å². The Morgan fingerprint density at radius 1 is 1.40 bits per heavy atom. The number of sulfone groups is 1. The van der Waals surface area contributed by atoms with Crippen LogP contribution in [0.2, 0.25) is 0 Å². The van der Waals surface area contributed by atoms with Crippen LogP contribution < -0.4 is 5.32 Å². The summed E-state index contributed by atoms with van der Waals surface area (Å²) in [7, 11) is -3.00. The Balaban J connectivity index is 2.11. The van der Waals surface area contributed by atoms with Crippen molar-refractivity contribution in [3.8, 4) is 0 Å². The number of pyridine rings is 1. The van der Waals surface area contributed by atoms with Crippen LogP contribution in [0.15, 0.2) is 24.5 Å². The molecular weight excluding hydrogens is 212 g/mol. The molecule has 1 aliphatic heterocycles. The lowest BCUT2D eigenvalue weighted by Gasteiger charge is -2.09. The molecule has 1 aromatic heterocycles. The van der Waals surface area contributed by atoms with E-state index in [2.05, 4.69) is 10.3 Å². The lowest BCUT2D eigenvalue weighted by molar-refractivity contribution is 0.582. The van der Waals surface area contributed by atoms with Gasteiger partial charge in [0.05, 0.1) is 11.0 Å². The van der Waals surface area contributed by atoms with Gasteiger partial charge in [0.2, 0.25) is 0 Å². The molecule has 0 radical (unpaired) electrons. The molecule has 0 aliphatic carbocycles. The molecule has 0 spiro atoms. The predicted octanol–water partition coefficient (Wildman–Crippen LogP) is 0.358. The highest BCUT2D eigenvalue weighted by atomic mass is 32.2. The second kappa shape index (κ2) is 4.28. The highest BCUT2D eigenvalue weighted by Crippen LogP contribution is 2.15. The zero-order valence-corrected chi connectivity index (χ0v) is 9.20. The van der Waals surface area contributed by atoms with Gasteiger partial charge in [-0.25, -0.2) is 8.42 Å². The Hall–Kier alpha value is -0.940. The normalized spacial score (nSPS) is 21.7. The molecule has 0 aromatic carbocycles. The van der Waals surface area contributed by atoms with E-state index in [0.29, 0.717) is 6.54 Å². The quantitative estimate of drug-likeness (QED) is 0.808. The molecule has 1 aliphatic rings. The van der Waals surface area contributed by atoms with Gasteiger partial charge >= 0.3 is 0 Å². The van der Waals surface area contributed by atoms with Crippen molar-refractivity contribution < 1.29 is 8.42 Å². The molecule has 0 saturated carbocycles. The lowest BCUT2D eigenvalue weighted by Crippen LogP contribution is -2.25. The Kier molecular flexibility index (Phi) is 3.02.